The third-order valence-electron chi connectivity index (χ3n) is 3.40. The number of anilines is 1. The van der Waals surface area contributed by atoms with Crippen LogP contribution in [-0.4, -0.2) is 19.7 Å². The van der Waals surface area contributed by atoms with Crippen molar-refractivity contribution in [2.24, 2.45) is 0 Å². The fourth-order valence-corrected chi connectivity index (χ4v) is 2.18. The van der Waals surface area contributed by atoms with Gasteiger partial charge in [-0.1, -0.05) is 18.2 Å². The first kappa shape index (κ1) is 18.7. The molecule has 0 saturated heterocycles. The number of benzene rings is 2. The van der Waals surface area contributed by atoms with E-state index in [1.165, 1.54) is 37.4 Å². The highest BCUT2D eigenvalue weighted by Crippen LogP contribution is 2.30. The van der Waals surface area contributed by atoms with Gasteiger partial charge in [0.1, 0.15) is 5.82 Å². The van der Waals surface area contributed by atoms with Crippen LogP contribution in [0.1, 0.15) is 17.2 Å². The van der Waals surface area contributed by atoms with Crippen LogP contribution in [0.15, 0.2) is 48.5 Å². The molecule has 0 saturated carbocycles. The van der Waals surface area contributed by atoms with Gasteiger partial charge in [0.25, 0.3) is 0 Å². The first-order valence-corrected chi connectivity index (χ1v) is 7.30. The number of hydrogen-bond donors (Lipinski definition) is 2. The number of ether oxygens (including phenoxy) is 1. The number of rotatable bonds is 5. The van der Waals surface area contributed by atoms with E-state index in [0.29, 0.717) is 5.56 Å². The molecule has 1 unspecified atom stereocenters. The number of amides is 2. The monoisotopic (exact) mass is 356 g/mol. The van der Waals surface area contributed by atoms with Gasteiger partial charge in [0.15, 0.2) is 0 Å². The zero-order chi connectivity index (χ0) is 18.4. The third kappa shape index (κ3) is 5.46. The molecule has 0 fully saturated rings. The second-order valence-corrected chi connectivity index (χ2v) is 5.19. The molecule has 0 heterocycles. The largest absolute Gasteiger partial charge is 0.416 e. The molecule has 0 spiro atoms. The van der Waals surface area contributed by atoms with E-state index in [9.17, 15) is 22.4 Å². The van der Waals surface area contributed by atoms with Gasteiger partial charge in [-0.25, -0.2) is 9.18 Å². The molecule has 0 aliphatic heterocycles. The molecular weight excluding hydrogens is 340 g/mol. The average molecular weight is 356 g/mol. The highest BCUT2D eigenvalue weighted by Gasteiger charge is 2.30. The van der Waals surface area contributed by atoms with Crippen molar-refractivity contribution >= 4 is 11.7 Å². The van der Waals surface area contributed by atoms with Gasteiger partial charge in [-0.3, -0.25) is 0 Å². The molecule has 4 nitrogen and oxygen atoms in total. The predicted molar refractivity (Wildman–Crippen MR) is 84.6 cm³/mol. The Morgan fingerprint density at radius 1 is 1.16 bits per heavy atom. The van der Waals surface area contributed by atoms with Crippen LogP contribution in [0, 0.1) is 5.82 Å². The van der Waals surface area contributed by atoms with Crippen molar-refractivity contribution in [3.63, 3.8) is 0 Å². The van der Waals surface area contributed by atoms with Gasteiger partial charge in [-0.15, -0.1) is 0 Å². The second kappa shape index (κ2) is 7.98. The molecule has 2 aromatic rings. The van der Waals surface area contributed by atoms with E-state index in [1.807, 2.05) is 0 Å². The van der Waals surface area contributed by atoms with Gasteiger partial charge in [-0.05, 0) is 35.9 Å². The molecule has 0 bridgehead atoms. The molecule has 2 aromatic carbocycles. The van der Waals surface area contributed by atoms with Crippen LogP contribution in [0.5, 0.6) is 0 Å². The zero-order valence-electron chi connectivity index (χ0n) is 13.2. The van der Waals surface area contributed by atoms with Crippen molar-refractivity contribution in [2.75, 3.05) is 19.0 Å². The Labute approximate surface area is 141 Å². The van der Waals surface area contributed by atoms with Crippen LogP contribution < -0.4 is 10.6 Å². The topological polar surface area (TPSA) is 50.4 Å². The Bertz CT molecular complexity index is 735. The second-order valence-electron chi connectivity index (χ2n) is 5.19. The zero-order valence-corrected chi connectivity index (χ0v) is 13.2. The van der Waals surface area contributed by atoms with Crippen molar-refractivity contribution in [2.45, 2.75) is 12.3 Å². The summed E-state index contributed by atoms with van der Waals surface area (Å²) in [4.78, 5) is 11.9. The lowest BCUT2D eigenvalue weighted by atomic mass is 10.1. The van der Waals surface area contributed by atoms with E-state index in [4.69, 9.17) is 4.74 Å². The third-order valence-corrected chi connectivity index (χ3v) is 3.40. The molecule has 2 amide bonds. The fourth-order valence-electron chi connectivity index (χ4n) is 2.18. The molecular formula is C17H16F4N2O2. The number of carbonyl (C=O) groups is 1. The summed E-state index contributed by atoms with van der Waals surface area (Å²) < 4.78 is 56.4. The minimum absolute atomic E-state index is 0.00653. The quantitative estimate of drug-likeness (QED) is 0.783. The minimum atomic E-state index is -4.49. The summed E-state index contributed by atoms with van der Waals surface area (Å²) in [6.07, 6.45) is -5.09. The van der Waals surface area contributed by atoms with Crippen LogP contribution in [0.25, 0.3) is 0 Å². The van der Waals surface area contributed by atoms with Gasteiger partial charge < -0.3 is 15.4 Å². The fraction of sp³-hybridized carbons (Fsp3) is 0.235. The Kier molecular flexibility index (Phi) is 5.97. The lowest BCUT2D eigenvalue weighted by Crippen LogP contribution is -2.33. The van der Waals surface area contributed by atoms with Crippen LogP contribution >= 0.6 is 0 Å². The Hall–Kier alpha value is -2.61. The summed E-state index contributed by atoms with van der Waals surface area (Å²) in [5.41, 5.74) is -0.325. The number of alkyl halides is 3. The standard InChI is InChI=1S/C17H16F4N2O2/c1-25-15(11-4-2-6-13(18)8-11)10-22-16(24)23-14-7-3-5-12(9-14)17(19,20)21/h2-9,15H,10H2,1H3,(H2,22,23,24). The van der Waals surface area contributed by atoms with Crippen LogP contribution in [0.4, 0.5) is 28.0 Å². The number of methoxy groups -OCH3 is 1. The van der Waals surface area contributed by atoms with Crippen LogP contribution in [0.3, 0.4) is 0 Å². The molecule has 0 radical (unpaired) electrons. The maximum absolute atomic E-state index is 13.2. The number of nitrogens with one attached hydrogen (secondary N) is 2. The first-order chi connectivity index (χ1) is 11.8. The molecule has 8 heteroatoms. The smallest absolute Gasteiger partial charge is 0.375 e. The van der Waals surface area contributed by atoms with Crippen molar-refractivity contribution in [3.8, 4) is 0 Å². The Morgan fingerprint density at radius 2 is 1.88 bits per heavy atom. The van der Waals surface area contributed by atoms with Crippen molar-refractivity contribution in [3.05, 3.63) is 65.5 Å². The number of carbonyl (C=O) groups excluding carboxylic acids is 1. The molecule has 2 N–H and O–H groups in total. The average Bonchev–Trinajstić information content (AvgIpc) is 2.55. The first-order valence-electron chi connectivity index (χ1n) is 7.30. The van der Waals surface area contributed by atoms with E-state index in [0.717, 1.165) is 12.1 Å². The summed E-state index contributed by atoms with van der Waals surface area (Å²) in [5, 5.41) is 4.80. The lowest BCUT2D eigenvalue weighted by molar-refractivity contribution is -0.137. The number of halogens is 4. The van der Waals surface area contributed by atoms with Crippen molar-refractivity contribution < 1.29 is 27.1 Å². The normalized spacial score (nSPS) is 12.5. The lowest BCUT2D eigenvalue weighted by Gasteiger charge is -2.17. The summed E-state index contributed by atoms with van der Waals surface area (Å²) in [5.74, 6) is -0.437. The van der Waals surface area contributed by atoms with Gasteiger partial charge in [-0.2, -0.15) is 13.2 Å². The van der Waals surface area contributed by atoms with E-state index in [2.05, 4.69) is 10.6 Å². The summed E-state index contributed by atoms with van der Waals surface area (Å²) >= 11 is 0. The van der Waals surface area contributed by atoms with E-state index >= 15 is 0 Å². The molecule has 25 heavy (non-hydrogen) atoms. The summed E-state index contributed by atoms with van der Waals surface area (Å²) in [6, 6.07) is 9.30. The van der Waals surface area contributed by atoms with Gasteiger partial charge in [0.2, 0.25) is 0 Å². The van der Waals surface area contributed by atoms with Crippen LogP contribution in [0.2, 0.25) is 0 Å². The SMILES string of the molecule is COC(CNC(=O)Nc1cccc(C(F)(F)F)c1)c1cccc(F)c1. The van der Waals surface area contributed by atoms with Gasteiger partial charge in [0, 0.05) is 19.3 Å². The predicted octanol–water partition coefficient (Wildman–Crippen LogP) is 4.35. The number of hydrogen-bond acceptors (Lipinski definition) is 2. The highest BCUT2D eigenvalue weighted by atomic mass is 19.4. The highest BCUT2D eigenvalue weighted by molar-refractivity contribution is 5.89. The maximum atomic E-state index is 13.2. The minimum Gasteiger partial charge on any atom is -0.375 e. The Balaban J connectivity index is 1.96. The number of urea groups is 1. The van der Waals surface area contributed by atoms with Gasteiger partial charge >= 0.3 is 12.2 Å². The van der Waals surface area contributed by atoms with E-state index in [1.54, 1.807) is 6.07 Å². The van der Waals surface area contributed by atoms with Crippen molar-refractivity contribution in [1.29, 1.82) is 0 Å². The molecule has 0 aromatic heterocycles. The molecule has 1 atom stereocenters. The van der Waals surface area contributed by atoms with Crippen molar-refractivity contribution in [1.82, 2.24) is 5.32 Å². The Morgan fingerprint density at radius 3 is 2.52 bits per heavy atom. The summed E-state index contributed by atoms with van der Waals surface area (Å²) in [7, 11) is 1.40. The van der Waals surface area contributed by atoms with Gasteiger partial charge in [0.05, 0.1) is 11.7 Å². The molecule has 134 valence electrons. The van der Waals surface area contributed by atoms with E-state index in [-0.39, 0.29) is 12.2 Å². The molecule has 0 aliphatic carbocycles. The summed E-state index contributed by atoms with van der Waals surface area (Å²) in [6.45, 7) is 0.0186. The van der Waals surface area contributed by atoms with Crippen LogP contribution in [-0.2, 0) is 10.9 Å². The molecule has 0 aliphatic rings. The maximum Gasteiger partial charge on any atom is 0.416 e. The van der Waals surface area contributed by atoms with E-state index < -0.39 is 29.7 Å². The molecule has 2 rings (SSSR count).